The number of amides is 2. The highest BCUT2D eigenvalue weighted by molar-refractivity contribution is 6.12. The lowest BCUT2D eigenvalue weighted by Gasteiger charge is -2.46. The maximum Gasteiger partial charge on any atom is 0.324 e. The number of hydrogen-bond acceptors (Lipinski definition) is 7. The monoisotopic (exact) mass is 769 g/mol. The smallest absolute Gasteiger partial charge is 0.324 e. The van der Waals surface area contributed by atoms with Crippen molar-refractivity contribution < 1.29 is 29.3 Å². The van der Waals surface area contributed by atoms with Crippen LogP contribution < -0.4 is 10.6 Å². The molecule has 5 aromatic carbocycles. The number of fused-ring (bicyclic) bond motifs is 3. The summed E-state index contributed by atoms with van der Waals surface area (Å²) < 4.78 is 6.48. The Morgan fingerprint density at radius 2 is 1.52 bits per heavy atom. The van der Waals surface area contributed by atoms with Crippen molar-refractivity contribution in [2.75, 3.05) is 11.9 Å². The van der Waals surface area contributed by atoms with Crippen LogP contribution in [0, 0.1) is 17.8 Å². The summed E-state index contributed by atoms with van der Waals surface area (Å²) in [4.78, 5) is 47.5. The van der Waals surface area contributed by atoms with E-state index >= 15 is 9.59 Å². The topological polar surface area (TPSA) is 128 Å². The van der Waals surface area contributed by atoms with E-state index in [9.17, 15) is 15.0 Å². The van der Waals surface area contributed by atoms with Crippen molar-refractivity contribution in [3.05, 3.63) is 178 Å². The second-order valence-corrected chi connectivity index (χ2v) is 15.5. The van der Waals surface area contributed by atoms with Crippen molar-refractivity contribution in [3.8, 4) is 17.6 Å². The molecule has 4 aliphatic rings. The molecule has 290 valence electrons. The number of nitrogens with zero attached hydrogens (tertiary/aromatic N) is 1. The third-order valence-corrected chi connectivity index (χ3v) is 12.1. The highest BCUT2D eigenvalue weighted by atomic mass is 16.6. The van der Waals surface area contributed by atoms with Gasteiger partial charge >= 0.3 is 5.97 Å². The van der Waals surface area contributed by atoms with Gasteiger partial charge < -0.3 is 25.6 Å². The van der Waals surface area contributed by atoms with Gasteiger partial charge in [0.25, 0.3) is 0 Å². The second kappa shape index (κ2) is 15.5. The Labute approximate surface area is 337 Å². The Bertz CT molecular complexity index is 2440. The number of aliphatic hydroxyl groups excluding tert-OH is 1. The van der Waals surface area contributed by atoms with Crippen LogP contribution in [0.2, 0.25) is 0 Å². The molecule has 5 aromatic rings. The molecule has 1 spiro atoms. The third-order valence-electron chi connectivity index (χ3n) is 12.1. The minimum Gasteiger partial charge on any atom is -0.508 e. The molecule has 1 aliphatic carbocycles. The van der Waals surface area contributed by atoms with Crippen LogP contribution in [0.1, 0.15) is 83.4 Å². The van der Waals surface area contributed by atoms with Gasteiger partial charge in [0.05, 0.1) is 24.1 Å². The van der Waals surface area contributed by atoms with Crippen molar-refractivity contribution in [2.24, 2.45) is 5.92 Å². The molecule has 3 aliphatic heterocycles. The van der Waals surface area contributed by atoms with E-state index in [2.05, 4.69) is 28.6 Å². The molecule has 0 unspecified atom stereocenters. The van der Waals surface area contributed by atoms with Crippen LogP contribution in [-0.4, -0.2) is 45.5 Å². The first-order valence-electron chi connectivity index (χ1n) is 19.9. The number of cyclic esters (lactones) is 1. The molecule has 9 heteroatoms. The molecule has 0 bridgehead atoms. The zero-order chi connectivity index (χ0) is 39.8. The number of allylic oxidation sites excluding steroid dienone is 2. The van der Waals surface area contributed by atoms with E-state index in [1.807, 2.05) is 102 Å². The second-order valence-electron chi connectivity index (χ2n) is 15.5. The molecule has 0 aromatic heterocycles. The number of hydrogen-bond donors (Lipinski definition) is 4. The number of rotatable bonds is 7. The molecule has 7 atom stereocenters. The van der Waals surface area contributed by atoms with Gasteiger partial charge in [0, 0.05) is 17.8 Å². The van der Waals surface area contributed by atoms with Crippen LogP contribution in [0.15, 0.2) is 145 Å². The number of ether oxygens (including phenoxy) is 1. The zero-order valence-electron chi connectivity index (χ0n) is 31.8. The normalized spacial score (nSPS) is 25.3. The van der Waals surface area contributed by atoms with E-state index in [1.54, 1.807) is 36.4 Å². The molecule has 0 radical (unpaired) electrons. The fourth-order valence-electron chi connectivity index (χ4n) is 9.53. The highest BCUT2D eigenvalue weighted by Crippen LogP contribution is 2.64. The summed E-state index contributed by atoms with van der Waals surface area (Å²) >= 11 is 0. The number of nitrogens with one attached hydrogen (secondary N) is 2. The van der Waals surface area contributed by atoms with Crippen LogP contribution in [0.4, 0.5) is 5.69 Å². The van der Waals surface area contributed by atoms with Gasteiger partial charge in [0.2, 0.25) is 11.8 Å². The van der Waals surface area contributed by atoms with Crippen LogP contribution in [0.5, 0.6) is 5.75 Å². The average Bonchev–Trinajstić information content (AvgIpc) is 3.74. The van der Waals surface area contributed by atoms with Crippen LogP contribution >= 0.6 is 0 Å². The predicted molar refractivity (Wildman–Crippen MR) is 219 cm³/mol. The summed E-state index contributed by atoms with van der Waals surface area (Å²) in [6.45, 7) is -0.162. The highest BCUT2D eigenvalue weighted by Gasteiger charge is 2.74. The van der Waals surface area contributed by atoms with Gasteiger partial charge in [-0.15, -0.1) is 0 Å². The summed E-state index contributed by atoms with van der Waals surface area (Å²) in [5.74, 6) is 3.69. The van der Waals surface area contributed by atoms with E-state index in [0.717, 1.165) is 42.4 Å². The number of anilines is 1. The van der Waals surface area contributed by atoms with Crippen molar-refractivity contribution in [1.29, 1.82) is 0 Å². The van der Waals surface area contributed by atoms with Crippen molar-refractivity contribution in [2.45, 2.75) is 61.4 Å². The van der Waals surface area contributed by atoms with E-state index in [4.69, 9.17) is 4.74 Å². The SMILES string of the molecule is O=C1O[C@H](c2ccccc2)[C@H](c2ccccc2)N2[C@H]1[C@@H](C(=O)NC[C@H](O)c1ccccc1)[C@]1(C(=O)Nc3ccc(C#CC4=CCCCC4)cc31)[C@H]2c1ccc(O)cc1. The summed E-state index contributed by atoms with van der Waals surface area (Å²) in [5, 5.41) is 27.9. The molecule has 4 N–H and O–H groups in total. The first-order valence-corrected chi connectivity index (χ1v) is 19.9. The van der Waals surface area contributed by atoms with Gasteiger partial charge in [0.1, 0.15) is 23.3 Å². The summed E-state index contributed by atoms with van der Waals surface area (Å²) in [5.41, 5.74) is 3.90. The summed E-state index contributed by atoms with van der Waals surface area (Å²) in [7, 11) is 0. The number of aliphatic hydroxyl groups is 1. The van der Waals surface area contributed by atoms with E-state index in [-0.39, 0.29) is 12.3 Å². The van der Waals surface area contributed by atoms with Gasteiger partial charge in [0.15, 0.2) is 0 Å². The van der Waals surface area contributed by atoms with E-state index < -0.39 is 59.5 Å². The van der Waals surface area contributed by atoms with Crippen molar-refractivity contribution in [1.82, 2.24) is 10.2 Å². The molecular weight excluding hydrogens is 727 g/mol. The van der Waals surface area contributed by atoms with Gasteiger partial charge in [-0.05, 0) is 89.4 Å². The zero-order valence-corrected chi connectivity index (χ0v) is 31.8. The minimum absolute atomic E-state index is 0.0298. The molecule has 3 heterocycles. The van der Waals surface area contributed by atoms with Crippen LogP contribution in [0.25, 0.3) is 0 Å². The van der Waals surface area contributed by atoms with Crippen molar-refractivity contribution in [3.63, 3.8) is 0 Å². The van der Waals surface area contributed by atoms with Gasteiger partial charge in [-0.25, -0.2) is 0 Å². The number of esters is 1. The lowest BCUT2D eigenvalue weighted by molar-refractivity contribution is -0.178. The number of phenolic OH excluding ortho intramolecular Hbond substituents is 1. The van der Waals surface area contributed by atoms with Gasteiger partial charge in [-0.3, -0.25) is 19.3 Å². The fourth-order valence-corrected chi connectivity index (χ4v) is 9.53. The molecule has 9 nitrogen and oxygen atoms in total. The Hall–Kier alpha value is -6.47. The van der Waals surface area contributed by atoms with Crippen molar-refractivity contribution >= 4 is 23.5 Å². The molecule has 58 heavy (non-hydrogen) atoms. The maximum atomic E-state index is 15.3. The Morgan fingerprint density at radius 3 is 2.21 bits per heavy atom. The number of carbonyl (C=O) groups excluding carboxylic acids is 3. The lowest BCUT2D eigenvalue weighted by atomic mass is 9.65. The number of benzene rings is 5. The molecule has 2 fully saturated rings. The van der Waals surface area contributed by atoms with Gasteiger partial charge in [-0.2, -0.15) is 0 Å². The molecular formula is C49H43N3O6. The molecule has 9 rings (SSSR count). The third kappa shape index (κ3) is 6.45. The maximum absolute atomic E-state index is 15.3. The Morgan fingerprint density at radius 1 is 0.828 bits per heavy atom. The number of carbonyl (C=O) groups is 3. The Kier molecular flexibility index (Phi) is 9.90. The number of morpholine rings is 1. The predicted octanol–water partition coefficient (Wildman–Crippen LogP) is 7.36. The first-order chi connectivity index (χ1) is 28.3. The standard InChI is InChI=1S/C49H43N3O6/c53-37-26-24-36(25-27-37)45-49(38-29-32(23-28-39(38)51-48(49)57)22-21-31-13-5-1-6-14-31)41(46(55)50-30-40(54)33-15-7-2-8-16-33)43-47(56)58-44(35-19-11-4-12-20-35)42(52(43)45)34-17-9-3-10-18-34/h2-4,7-13,15-20,23-29,40-45,53-54H,1,5-6,14,30H2,(H,50,55)(H,51,57)/t40-,41-,42-,43-,44+,45+,49-/m0/s1. The quantitative estimate of drug-likeness (QED) is 0.101. The minimum atomic E-state index is -1.71. The van der Waals surface area contributed by atoms with Gasteiger partial charge in [-0.1, -0.05) is 121 Å². The molecule has 0 saturated carbocycles. The number of aromatic hydroxyl groups is 1. The fraction of sp³-hybridized carbons (Fsp3) is 0.245. The Balaban J connectivity index is 1.27. The summed E-state index contributed by atoms with van der Waals surface area (Å²) in [6.07, 6.45) is 4.43. The molecule has 2 amide bonds. The largest absolute Gasteiger partial charge is 0.508 e. The first kappa shape index (κ1) is 37.1. The lowest BCUT2D eigenvalue weighted by Crippen LogP contribution is -2.55. The van der Waals surface area contributed by atoms with E-state index in [1.165, 1.54) is 0 Å². The summed E-state index contributed by atoms with van der Waals surface area (Å²) in [6, 6.07) is 37.5. The van der Waals surface area contributed by atoms with Crippen LogP contribution in [0.3, 0.4) is 0 Å². The average molecular weight is 770 g/mol. The van der Waals surface area contributed by atoms with E-state index in [0.29, 0.717) is 27.9 Å². The number of phenols is 1. The van der Waals surface area contributed by atoms with Crippen LogP contribution in [-0.2, 0) is 24.5 Å². The molecule has 2 saturated heterocycles.